The average Bonchev–Trinajstić information content (AvgIpc) is 3.40. The number of amides is 5. The highest BCUT2D eigenvalue weighted by atomic mass is 16.2. The lowest BCUT2D eigenvalue weighted by Crippen LogP contribution is -2.45. The Morgan fingerprint density at radius 2 is 1.81 bits per heavy atom. The van der Waals surface area contributed by atoms with E-state index in [0.29, 0.717) is 5.69 Å². The van der Waals surface area contributed by atoms with Gasteiger partial charge in [0.25, 0.3) is 5.91 Å². The van der Waals surface area contributed by atoms with Crippen LogP contribution in [0.3, 0.4) is 0 Å². The smallest absolute Gasteiger partial charge is 0.332 e. The van der Waals surface area contributed by atoms with E-state index in [0.717, 1.165) is 23.3 Å². The maximum Gasteiger partial charge on any atom is 0.332 e. The summed E-state index contributed by atoms with van der Waals surface area (Å²) in [5.41, 5.74) is 1.65. The molecule has 8 heteroatoms. The zero-order valence-corrected chi connectivity index (χ0v) is 15.8. The van der Waals surface area contributed by atoms with E-state index >= 15 is 0 Å². The van der Waals surface area contributed by atoms with Crippen molar-refractivity contribution in [2.75, 3.05) is 25.0 Å². The minimum Gasteiger partial charge on any atom is -0.352 e. The van der Waals surface area contributed by atoms with Crippen molar-refractivity contribution in [1.29, 1.82) is 0 Å². The predicted octanol–water partition coefficient (Wildman–Crippen LogP) is 0.889. The van der Waals surface area contributed by atoms with Gasteiger partial charge in [0.2, 0.25) is 11.8 Å². The van der Waals surface area contributed by atoms with Crippen LogP contribution >= 0.6 is 0 Å². The quantitative estimate of drug-likeness (QED) is 0.751. The van der Waals surface area contributed by atoms with Gasteiger partial charge in [0.1, 0.15) is 12.6 Å². The molecule has 5 amide bonds. The second-order valence-electron chi connectivity index (χ2n) is 7.18. The molecule has 8 nitrogen and oxygen atoms in total. The van der Waals surface area contributed by atoms with Crippen LogP contribution in [0.2, 0.25) is 0 Å². The van der Waals surface area contributed by atoms with Crippen LogP contribution < -0.4 is 10.2 Å². The molecule has 2 fully saturated rings. The number of benzene rings is 1. The Morgan fingerprint density at radius 3 is 2.41 bits per heavy atom. The molecule has 0 unspecified atom stereocenters. The molecule has 0 aromatic heterocycles. The number of rotatable bonds is 6. The van der Waals surface area contributed by atoms with E-state index in [1.165, 1.54) is 16.8 Å². The Kier molecular flexibility index (Phi) is 5.16. The maximum atomic E-state index is 12.7. The standard InChI is InChI=1S/C19H24N4O4/c1-12-4-8-15(9-5-12)23-13(2)18(26)22(19(23)27)11-17(25)21(3)10-16(24)20-14-6-7-14/h4-5,8-9,13-14H,6-7,10-11H2,1-3H3,(H,20,24)/t13-/m1/s1. The van der Waals surface area contributed by atoms with Gasteiger partial charge in [0.05, 0.1) is 6.54 Å². The number of nitrogens with one attached hydrogen (secondary N) is 1. The summed E-state index contributed by atoms with van der Waals surface area (Å²) in [4.78, 5) is 53.0. The Morgan fingerprint density at radius 1 is 1.19 bits per heavy atom. The van der Waals surface area contributed by atoms with Gasteiger partial charge in [-0.2, -0.15) is 0 Å². The van der Waals surface area contributed by atoms with Gasteiger partial charge >= 0.3 is 6.03 Å². The van der Waals surface area contributed by atoms with Gasteiger partial charge in [0.15, 0.2) is 0 Å². The molecule has 3 rings (SSSR count). The fraction of sp³-hybridized carbons (Fsp3) is 0.474. The number of nitrogens with zero attached hydrogens (tertiary/aromatic N) is 3. The van der Waals surface area contributed by atoms with E-state index in [2.05, 4.69) is 5.32 Å². The van der Waals surface area contributed by atoms with Crippen molar-refractivity contribution in [2.45, 2.75) is 38.8 Å². The number of imide groups is 1. The number of hydrogen-bond donors (Lipinski definition) is 1. The first kappa shape index (κ1) is 18.9. The number of carbonyl (C=O) groups excluding carboxylic acids is 4. The molecule has 2 aliphatic rings. The first-order valence-corrected chi connectivity index (χ1v) is 9.02. The van der Waals surface area contributed by atoms with Crippen molar-refractivity contribution in [3.05, 3.63) is 29.8 Å². The van der Waals surface area contributed by atoms with E-state index in [1.807, 2.05) is 19.1 Å². The van der Waals surface area contributed by atoms with Crippen LogP contribution in [0.4, 0.5) is 10.5 Å². The molecule has 1 aromatic carbocycles. The SMILES string of the molecule is Cc1ccc(N2C(=O)N(CC(=O)N(C)CC(=O)NC3CC3)C(=O)[C@H]2C)cc1. The topological polar surface area (TPSA) is 90.0 Å². The van der Waals surface area contributed by atoms with Crippen molar-refractivity contribution in [3.8, 4) is 0 Å². The first-order chi connectivity index (χ1) is 12.8. The van der Waals surface area contributed by atoms with Gasteiger partial charge in [-0.3, -0.25) is 24.2 Å². The predicted molar refractivity (Wildman–Crippen MR) is 99.0 cm³/mol. The Bertz CT molecular complexity index is 772. The van der Waals surface area contributed by atoms with Crippen LogP contribution in [0.1, 0.15) is 25.3 Å². The highest BCUT2D eigenvalue weighted by Gasteiger charge is 2.44. The highest BCUT2D eigenvalue weighted by Crippen LogP contribution is 2.26. The monoisotopic (exact) mass is 372 g/mol. The molecule has 1 aliphatic carbocycles. The summed E-state index contributed by atoms with van der Waals surface area (Å²) in [6, 6.07) is 6.27. The number of carbonyl (C=O) groups is 4. The first-order valence-electron chi connectivity index (χ1n) is 9.02. The minimum absolute atomic E-state index is 0.0945. The van der Waals surface area contributed by atoms with Crippen LogP contribution in [0.25, 0.3) is 0 Å². The van der Waals surface area contributed by atoms with Gasteiger partial charge in [-0.15, -0.1) is 0 Å². The fourth-order valence-electron chi connectivity index (χ4n) is 2.97. The van der Waals surface area contributed by atoms with Crippen molar-refractivity contribution < 1.29 is 19.2 Å². The molecule has 0 spiro atoms. The van der Waals surface area contributed by atoms with E-state index in [9.17, 15) is 19.2 Å². The molecule has 1 N–H and O–H groups in total. The minimum atomic E-state index is -0.684. The maximum absolute atomic E-state index is 12.7. The summed E-state index contributed by atoms with van der Waals surface area (Å²) in [5.74, 6) is -1.12. The highest BCUT2D eigenvalue weighted by molar-refractivity contribution is 6.15. The Labute approximate surface area is 158 Å². The Balaban J connectivity index is 1.64. The van der Waals surface area contributed by atoms with Gasteiger partial charge in [0, 0.05) is 18.8 Å². The van der Waals surface area contributed by atoms with Gasteiger partial charge < -0.3 is 10.2 Å². The van der Waals surface area contributed by atoms with Crippen LogP contribution in [0.15, 0.2) is 24.3 Å². The van der Waals surface area contributed by atoms with Gasteiger partial charge in [-0.1, -0.05) is 17.7 Å². The summed E-state index contributed by atoms with van der Waals surface area (Å²) in [7, 11) is 1.49. The Hall–Kier alpha value is -2.90. The lowest BCUT2D eigenvalue weighted by atomic mass is 10.2. The molecule has 0 bridgehead atoms. The second-order valence-corrected chi connectivity index (χ2v) is 7.18. The van der Waals surface area contributed by atoms with Crippen LogP contribution in [0.5, 0.6) is 0 Å². The largest absolute Gasteiger partial charge is 0.352 e. The molecule has 1 atom stereocenters. The van der Waals surface area contributed by atoms with Crippen molar-refractivity contribution in [1.82, 2.24) is 15.1 Å². The van der Waals surface area contributed by atoms with Gasteiger partial charge in [-0.05, 0) is 38.8 Å². The number of urea groups is 1. The van der Waals surface area contributed by atoms with E-state index < -0.39 is 23.9 Å². The van der Waals surface area contributed by atoms with Crippen molar-refractivity contribution in [2.24, 2.45) is 0 Å². The molecule has 1 aromatic rings. The summed E-state index contributed by atoms with van der Waals surface area (Å²) in [6.07, 6.45) is 1.93. The summed E-state index contributed by atoms with van der Waals surface area (Å²) in [5, 5.41) is 2.80. The third kappa shape index (κ3) is 4.10. The lowest BCUT2D eigenvalue weighted by molar-refractivity contribution is -0.138. The number of hydrogen-bond acceptors (Lipinski definition) is 4. The van der Waals surface area contributed by atoms with E-state index in [4.69, 9.17) is 0 Å². The zero-order valence-electron chi connectivity index (χ0n) is 15.8. The zero-order chi connectivity index (χ0) is 19.7. The van der Waals surface area contributed by atoms with E-state index in [-0.39, 0.29) is 25.0 Å². The van der Waals surface area contributed by atoms with Crippen molar-refractivity contribution in [3.63, 3.8) is 0 Å². The molecule has 0 radical (unpaired) electrons. The second kappa shape index (κ2) is 7.38. The number of anilines is 1. The van der Waals surface area contributed by atoms with E-state index in [1.54, 1.807) is 19.1 Å². The van der Waals surface area contributed by atoms with Crippen molar-refractivity contribution >= 4 is 29.4 Å². The van der Waals surface area contributed by atoms with Gasteiger partial charge in [-0.25, -0.2) is 4.79 Å². The fourth-order valence-corrected chi connectivity index (χ4v) is 2.97. The number of aryl methyl sites for hydroxylation is 1. The summed E-state index contributed by atoms with van der Waals surface area (Å²) in [6.45, 7) is 3.10. The van der Waals surface area contributed by atoms with Crippen LogP contribution in [0, 0.1) is 6.92 Å². The summed E-state index contributed by atoms with van der Waals surface area (Å²) < 4.78 is 0. The van der Waals surface area contributed by atoms with Crippen LogP contribution in [-0.2, 0) is 14.4 Å². The third-order valence-electron chi connectivity index (χ3n) is 4.80. The molecule has 27 heavy (non-hydrogen) atoms. The number of likely N-dealkylation sites (N-methyl/N-ethyl adjacent to an activating group) is 1. The summed E-state index contributed by atoms with van der Waals surface area (Å²) >= 11 is 0. The normalized spacial score (nSPS) is 19.4. The third-order valence-corrected chi connectivity index (χ3v) is 4.80. The molecular weight excluding hydrogens is 348 g/mol. The molecule has 144 valence electrons. The molecule has 1 saturated heterocycles. The molecule has 1 aliphatic heterocycles. The molecule has 1 saturated carbocycles. The average molecular weight is 372 g/mol. The van der Waals surface area contributed by atoms with Crippen LogP contribution in [-0.4, -0.2) is 65.8 Å². The molecular formula is C19H24N4O4. The molecule has 1 heterocycles. The lowest BCUT2D eigenvalue weighted by Gasteiger charge is -2.21.